The zero-order valence-electron chi connectivity index (χ0n) is 12.6. The molecule has 4 rings (SSSR count). The van der Waals surface area contributed by atoms with Gasteiger partial charge < -0.3 is 9.64 Å². The maximum absolute atomic E-state index is 13.5. The number of alkyl halides is 3. The lowest BCUT2D eigenvalue weighted by Gasteiger charge is -2.44. The Morgan fingerprint density at radius 2 is 2.17 bits per heavy atom. The van der Waals surface area contributed by atoms with Crippen molar-refractivity contribution in [1.82, 2.24) is 9.88 Å². The molecule has 0 unspecified atom stereocenters. The van der Waals surface area contributed by atoms with Gasteiger partial charge in [-0.1, -0.05) is 6.42 Å². The number of nitriles is 1. The second-order valence-electron chi connectivity index (χ2n) is 6.60. The lowest BCUT2D eigenvalue weighted by molar-refractivity contribution is -0.248. The van der Waals surface area contributed by atoms with Crippen LogP contribution in [0.2, 0.25) is 0 Å². The molecule has 1 saturated carbocycles. The molecule has 2 aliphatic heterocycles. The Morgan fingerprint density at radius 3 is 2.75 bits per heavy atom. The molecule has 3 heterocycles. The summed E-state index contributed by atoms with van der Waals surface area (Å²) in [4.78, 5) is 18.0. The van der Waals surface area contributed by atoms with Gasteiger partial charge in [-0.2, -0.15) is 18.4 Å². The minimum Gasteiger partial charge on any atom is -0.487 e. The molecule has 2 bridgehead atoms. The van der Waals surface area contributed by atoms with E-state index in [1.807, 2.05) is 6.07 Å². The minimum atomic E-state index is -4.55. The first-order valence-electron chi connectivity index (χ1n) is 7.80. The summed E-state index contributed by atoms with van der Waals surface area (Å²) in [5.74, 6) is -0.522. The van der Waals surface area contributed by atoms with Crippen molar-refractivity contribution in [2.24, 2.45) is 5.41 Å². The second-order valence-corrected chi connectivity index (χ2v) is 6.60. The number of rotatable bonds is 1. The summed E-state index contributed by atoms with van der Waals surface area (Å²) in [7, 11) is 0. The summed E-state index contributed by atoms with van der Waals surface area (Å²) < 4.78 is 46.2. The number of carbonyl (C=O) groups excluding carboxylic acids is 1. The van der Waals surface area contributed by atoms with Crippen molar-refractivity contribution >= 4 is 5.91 Å². The number of hydrogen-bond donors (Lipinski definition) is 0. The summed E-state index contributed by atoms with van der Waals surface area (Å²) in [6.07, 6.45) is -1.57. The van der Waals surface area contributed by atoms with Crippen LogP contribution in [0.5, 0.6) is 5.75 Å². The van der Waals surface area contributed by atoms with Crippen LogP contribution < -0.4 is 4.74 Å². The van der Waals surface area contributed by atoms with Crippen LogP contribution >= 0.6 is 0 Å². The van der Waals surface area contributed by atoms with E-state index in [0.717, 1.165) is 0 Å². The number of ether oxygens (including phenoxy) is 1. The average Bonchev–Trinajstić information content (AvgIpc) is 2.82. The molecule has 2 atom stereocenters. The van der Waals surface area contributed by atoms with Crippen molar-refractivity contribution in [3.63, 3.8) is 0 Å². The topological polar surface area (TPSA) is 66.2 Å². The van der Waals surface area contributed by atoms with Crippen molar-refractivity contribution in [2.75, 3.05) is 6.54 Å². The number of likely N-dealkylation sites (tertiary alicyclic amines) is 1. The maximum Gasteiger partial charge on any atom is 0.403 e. The van der Waals surface area contributed by atoms with Crippen LogP contribution in [0.1, 0.15) is 42.9 Å². The van der Waals surface area contributed by atoms with Gasteiger partial charge in [0.15, 0.2) is 0 Å². The molecule has 5 nitrogen and oxygen atoms in total. The van der Waals surface area contributed by atoms with E-state index in [1.54, 1.807) is 0 Å². The normalized spacial score (nSPS) is 26.8. The van der Waals surface area contributed by atoms with Gasteiger partial charge in [0.2, 0.25) is 5.91 Å². The first-order valence-corrected chi connectivity index (χ1v) is 7.80. The third-order valence-electron chi connectivity index (χ3n) is 5.37. The lowest BCUT2D eigenvalue weighted by atomic mass is 9.67. The van der Waals surface area contributed by atoms with Crippen LogP contribution in [-0.4, -0.2) is 34.6 Å². The van der Waals surface area contributed by atoms with Gasteiger partial charge >= 0.3 is 6.18 Å². The van der Waals surface area contributed by atoms with E-state index in [4.69, 9.17) is 10.00 Å². The smallest absolute Gasteiger partial charge is 0.403 e. The van der Waals surface area contributed by atoms with E-state index in [1.165, 1.54) is 17.3 Å². The molecule has 1 aromatic rings. The zero-order valence-corrected chi connectivity index (χ0v) is 12.6. The SMILES string of the molecule is N#Cc1cncc2c1O[C@H]1C[C@@H]2N(C(=O)C2(C(F)(F)F)CCC2)C1. The fourth-order valence-electron chi connectivity index (χ4n) is 3.91. The molecule has 0 spiro atoms. The standard InChI is InChI=1S/C16H14F3N3O2/c17-16(18,19)15(2-1-3-15)14(23)22-8-10-4-12(22)11-7-21-6-9(5-20)13(11)24-10/h6-7,10,12H,1-4,8H2/t10-,12-/m0/s1. The highest BCUT2D eigenvalue weighted by molar-refractivity contribution is 5.85. The molecule has 1 saturated heterocycles. The maximum atomic E-state index is 13.5. The Balaban J connectivity index is 1.72. The van der Waals surface area contributed by atoms with Crippen LogP contribution in [-0.2, 0) is 4.79 Å². The zero-order chi connectivity index (χ0) is 17.1. The minimum absolute atomic E-state index is 0.112. The second kappa shape index (κ2) is 4.85. The Labute approximate surface area is 136 Å². The largest absolute Gasteiger partial charge is 0.487 e. The summed E-state index contributed by atoms with van der Waals surface area (Å²) in [6.45, 7) is 0.112. The van der Waals surface area contributed by atoms with Crippen LogP contribution in [0, 0.1) is 16.7 Å². The van der Waals surface area contributed by atoms with E-state index in [0.29, 0.717) is 24.2 Å². The average molecular weight is 337 g/mol. The van der Waals surface area contributed by atoms with Gasteiger partial charge in [0.1, 0.15) is 28.9 Å². The van der Waals surface area contributed by atoms with Crippen molar-refractivity contribution in [3.05, 3.63) is 23.5 Å². The first-order chi connectivity index (χ1) is 11.4. The van der Waals surface area contributed by atoms with E-state index >= 15 is 0 Å². The van der Waals surface area contributed by atoms with Gasteiger partial charge in [-0.05, 0) is 12.8 Å². The Kier molecular flexibility index (Phi) is 3.08. The summed E-state index contributed by atoms with van der Waals surface area (Å²) >= 11 is 0. The highest BCUT2D eigenvalue weighted by Gasteiger charge is 2.65. The Morgan fingerprint density at radius 1 is 1.42 bits per heavy atom. The number of aromatic nitrogens is 1. The molecule has 2 fully saturated rings. The van der Waals surface area contributed by atoms with E-state index in [2.05, 4.69) is 4.98 Å². The number of carbonyl (C=O) groups is 1. The molecule has 1 aliphatic carbocycles. The first kappa shape index (κ1) is 15.2. The van der Waals surface area contributed by atoms with E-state index in [9.17, 15) is 18.0 Å². The van der Waals surface area contributed by atoms with E-state index in [-0.39, 0.29) is 31.1 Å². The Bertz CT molecular complexity index is 752. The molecule has 1 amide bonds. The highest BCUT2D eigenvalue weighted by Crippen LogP contribution is 2.56. The van der Waals surface area contributed by atoms with Crippen molar-refractivity contribution in [1.29, 1.82) is 5.26 Å². The third-order valence-corrected chi connectivity index (χ3v) is 5.37. The van der Waals surface area contributed by atoms with Crippen molar-refractivity contribution in [2.45, 2.75) is 44.0 Å². The predicted octanol–water partition coefficient (Wildman–Crippen LogP) is 2.72. The summed E-state index contributed by atoms with van der Waals surface area (Å²) in [5, 5.41) is 9.15. The predicted molar refractivity (Wildman–Crippen MR) is 74.8 cm³/mol. The molecule has 8 heteroatoms. The monoisotopic (exact) mass is 337 g/mol. The molecule has 126 valence electrons. The summed E-state index contributed by atoms with van der Waals surface area (Å²) in [6, 6.07) is 1.47. The molecular weight excluding hydrogens is 323 g/mol. The van der Waals surface area contributed by atoms with Gasteiger partial charge in [-0.15, -0.1) is 0 Å². The number of amides is 1. The number of fused-ring (bicyclic) bond motifs is 4. The fraction of sp³-hybridized carbons (Fsp3) is 0.562. The van der Waals surface area contributed by atoms with Gasteiger partial charge in [0.05, 0.1) is 12.6 Å². The molecule has 0 radical (unpaired) electrons. The number of halogens is 3. The molecule has 3 aliphatic rings. The van der Waals surface area contributed by atoms with Crippen LogP contribution in [0.3, 0.4) is 0 Å². The van der Waals surface area contributed by atoms with Gasteiger partial charge in [-0.3, -0.25) is 9.78 Å². The van der Waals surface area contributed by atoms with Crippen LogP contribution in [0.15, 0.2) is 12.4 Å². The Hall–Kier alpha value is -2.30. The number of hydrogen-bond acceptors (Lipinski definition) is 4. The van der Waals surface area contributed by atoms with Gasteiger partial charge in [-0.25, -0.2) is 0 Å². The highest BCUT2D eigenvalue weighted by atomic mass is 19.4. The molecule has 1 aromatic heterocycles. The quantitative estimate of drug-likeness (QED) is 0.790. The molecule has 24 heavy (non-hydrogen) atoms. The number of pyridine rings is 1. The number of nitrogens with zero attached hydrogens (tertiary/aromatic N) is 3. The fourth-order valence-corrected chi connectivity index (χ4v) is 3.91. The molecule has 0 aromatic carbocycles. The van der Waals surface area contributed by atoms with E-state index < -0.39 is 23.5 Å². The van der Waals surface area contributed by atoms with Gasteiger partial charge in [0.25, 0.3) is 0 Å². The molecule has 0 N–H and O–H groups in total. The van der Waals surface area contributed by atoms with Crippen molar-refractivity contribution in [3.8, 4) is 11.8 Å². The molecular formula is C16H14F3N3O2. The third kappa shape index (κ3) is 1.87. The lowest BCUT2D eigenvalue weighted by Crippen LogP contribution is -2.56. The van der Waals surface area contributed by atoms with Gasteiger partial charge in [0, 0.05) is 24.4 Å². The summed E-state index contributed by atoms with van der Waals surface area (Å²) in [5.41, 5.74) is -1.50. The van der Waals surface area contributed by atoms with Crippen LogP contribution in [0.4, 0.5) is 13.2 Å². The van der Waals surface area contributed by atoms with Crippen LogP contribution in [0.25, 0.3) is 0 Å². The van der Waals surface area contributed by atoms with Crippen molar-refractivity contribution < 1.29 is 22.7 Å².